The average Bonchev–Trinajstić information content (AvgIpc) is 2.98. The van der Waals surface area contributed by atoms with Gasteiger partial charge in [-0.15, -0.1) is 0 Å². The molecule has 2 aromatic carbocycles. The van der Waals surface area contributed by atoms with Gasteiger partial charge in [-0.2, -0.15) is 0 Å². The Morgan fingerprint density at radius 3 is 2.74 bits per heavy atom. The first-order valence-corrected chi connectivity index (χ1v) is 11.5. The first-order chi connectivity index (χ1) is 14.9. The van der Waals surface area contributed by atoms with Gasteiger partial charge in [-0.25, -0.2) is 0 Å². The third kappa shape index (κ3) is 6.32. The van der Waals surface area contributed by atoms with Crippen molar-refractivity contribution in [3.63, 3.8) is 0 Å². The Labute approximate surface area is 198 Å². The van der Waals surface area contributed by atoms with E-state index in [2.05, 4.69) is 15.9 Å². The van der Waals surface area contributed by atoms with Crippen LogP contribution in [0.1, 0.15) is 24.5 Å². The van der Waals surface area contributed by atoms with Gasteiger partial charge in [0.1, 0.15) is 10.9 Å². The lowest BCUT2D eigenvalue weighted by molar-refractivity contribution is -0.137. The standard InChI is InChI=1S/C22H20BrNO5S2/c1-2-28-18-11-14(6-7-17(18)29-13-15-4-3-5-16(23)10-15)12-19-21(27)24(22(30)31-19)9-8-20(25)26/h3-7,10-12H,2,8-9,13H2,1H3,(H,25,26)/b19-12+. The summed E-state index contributed by atoms with van der Waals surface area (Å²) in [6, 6.07) is 13.3. The molecule has 0 aromatic heterocycles. The molecule has 6 nitrogen and oxygen atoms in total. The van der Waals surface area contributed by atoms with E-state index in [1.165, 1.54) is 4.90 Å². The zero-order valence-corrected chi connectivity index (χ0v) is 19.9. The Balaban J connectivity index is 1.76. The first-order valence-electron chi connectivity index (χ1n) is 9.48. The van der Waals surface area contributed by atoms with Crippen LogP contribution in [-0.2, 0) is 16.2 Å². The number of nitrogens with zero attached hydrogens (tertiary/aromatic N) is 1. The molecule has 9 heteroatoms. The maximum Gasteiger partial charge on any atom is 0.305 e. The fourth-order valence-corrected chi connectivity index (χ4v) is 4.60. The molecule has 0 saturated carbocycles. The summed E-state index contributed by atoms with van der Waals surface area (Å²) in [6.45, 7) is 2.80. The van der Waals surface area contributed by atoms with Crippen molar-refractivity contribution in [1.82, 2.24) is 4.90 Å². The molecule has 0 spiro atoms. The number of ether oxygens (including phenoxy) is 2. The normalized spacial score (nSPS) is 14.9. The SMILES string of the molecule is CCOc1cc(/C=C2/SC(=S)N(CCC(=O)O)C2=O)ccc1OCc1cccc(Br)c1. The Morgan fingerprint density at radius 2 is 2.03 bits per heavy atom. The molecule has 162 valence electrons. The van der Waals surface area contributed by atoms with E-state index in [0.717, 1.165) is 27.4 Å². The second kappa shape index (κ2) is 10.8. The average molecular weight is 522 g/mol. The van der Waals surface area contributed by atoms with Crippen LogP contribution in [0.3, 0.4) is 0 Å². The van der Waals surface area contributed by atoms with E-state index >= 15 is 0 Å². The van der Waals surface area contributed by atoms with Gasteiger partial charge in [0.05, 0.1) is 17.9 Å². The van der Waals surface area contributed by atoms with E-state index in [1.54, 1.807) is 12.1 Å². The van der Waals surface area contributed by atoms with Crippen molar-refractivity contribution < 1.29 is 24.2 Å². The number of hydrogen-bond acceptors (Lipinski definition) is 6. The number of amides is 1. The molecule has 1 N–H and O–H groups in total. The van der Waals surface area contributed by atoms with Crippen LogP contribution in [0.5, 0.6) is 11.5 Å². The van der Waals surface area contributed by atoms with E-state index in [-0.39, 0.29) is 18.9 Å². The van der Waals surface area contributed by atoms with Crippen LogP contribution in [0.15, 0.2) is 51.8 Å². The number of thiocarbonyl (C=S) groups is 1. The number of benzene rings is 2. The van der Waals surface area contributed by atoms with E-state index in [4.69, 9.17) is 26.8 Å². The summed E-state index contributed by atoms with van der Waals surface area (Å²) in [4.78, 5) is 25.2. The molecule has 1 heterocycles. The lowest BCUT2D eigenvalue weighted by atomic mass is 10.1. The van der Waals surface area contributed by atoms with Gasteiger partial charge < -0.3 is 14.6 Å². The maximum atomic E-state index is 12.6. The zero-order valence-electron chi connectivity index (χ0n) is 16.7. The Hall–Kier alpha value is -2.36. The molecule has 1 aliphatic rings. The summed E-state index contributed by atoms with van der Waals surface area (Å²) in [5.41, 5.74) is 1.78. The van der Waals surface area contributed by atoms with E-state index in [1.807, 2.05) is 43.3 Å². The van der Waals surface area contributed by atoms with Crippen LogP contribution in [0, 0.1) is 0 Å². The molecule has 0 aliphatic carbocycles. The van der Waals surface area contributed by atoms with Gasteiger partial charge in [-0.05, 0) is 48.4 Å². The number of carboxylic acids is 1. The Morgan fingerprint density at radius 1 is 1.23 bits per heavy atom. The van der Waals surface area contributed by atoms with Crippen LogP contribution in [0.2, 0.25) is 0 Å². The molecule has 0 unspecified atom stereocenters. The lowest BCUT2D eigenvalue weighted by Crippen LogP contribution is -2.30. The van der Waals surface area contributed by atoms with Gasteiger partial charge in [0.2, 0.25) is 0 Å². The summed E-state index contributed by atoms with van der Waals surface area (Å²) in [5.74, 6) is -0.0809. The molecule has 1 aliphatic heterocycles. The highest BCUT2D eigenvalue weighted by molar-refractivity contribution is 9.10. The number of aliphatic carboxylic acids is 1. The molecule has 1 saturated heterocycles. The van der Waals surface area contributed by atoms with Crippen molar-refractivity contribution in [1.29, 1.82) is 0 Å². The molecule has 31 heavy (non-hydrogen) atoms. The highest BCUT2D eigenvalue weighted by Crippen LogP contribution is 2.35. The maximum absolute atomic E-state index is 12.6. The van der Waals surface area contributed by atoms with Crippen LogP contribution in [0.25, 0.3) is 6.08 Å². The van der Waals surface area contributed by atoms with Gasteiger partial charge in [0, 0.05) is 11.0 Å². The van der Waals surface area contributed by atoms with Gasteiger partial charge in [-0.3, -0.25) is 14.5 Å². The molecule has 1 amide bonds. The predicted molar refractivity (Wildman–Crippen MR) is 128 cm³/mol. The molecule has 0 atom stereocenters. The second-order valence-corrected chi connectivity index (χ2v) is 9.13. The minimum atomic E-state index is -0.974. The lowest BCUT2D eigenvalue weighted by Gasteiger charge is -2.13. The van der Waals surface area contributed by atoms with Crippen molar-refractivity contribution in [3.8, 4) is 11.5 Å². The number of carbonyl (C=O) groups excluding carboxylic acids is 1. The topological polar surface area (TPSA) is 76.1 Å². The molecule has 3 rings (SSSR count). The van der Waals surface area contributed by atoms with Crippen LogP contribution in [-0.4, -0.2) is 39.4 Å². The zero-order chi connectivity index (χ0) is 22.4. The number of carbonyl (C=O) groups is 2. The number of rotatable bonds is 9. The second-order valence-electron chi connectivity index (χ2n) is 6.53. The monoisotopic (exact) mass is 521 g/mol. The number of hydrogen-bond donors (Lipinski definition) is 1. The minimum Gasteiger partial charge on any atom is -0.490 e. The van der Waals surface area contributed by atoms with E-state index in [0.29, 0.717) is 33.9 Å². The van der Waals surface area contributed by atoms with E-state index in [9.17, 15) is 9.59 Å². The molecular weight excluding hydrogens is 502 g/mol. The van der Waals surface area contributed by atoms with Crippen molar-refractivity contribution >= 4 is 62.2 Å². The molecular formula is C22H20BrNO5S2. The van der Waals surface area contributed by atoms with Gasteiger partial charge in [0.15, 0.2) is 11.5 Å². The third-order valence-corrected chi connectivity index (χ3v) is 6.14. The number of carboxylic acid groups (broad SMARTS) is 1. The third-order valence-electron chi connectivity index (χ3n) is 4.27. The van der Waals surface area contributed by atoms with Gasteiger partial charge >= 0.3 is 5.97 Å². The highest BCUT2D eigenvalue weighted by Gasteiger charge is 2.32. The first kappa shape index (κ1) is 23.3. The summed E-state index contributed by atoms with van der Waals surface area (Å²) in [7, 11) is 0. The molecule has 2 aromatic rings. The fraction of sp³-hybridized carbons (Fsp3) is 0.227. The van der Waals surface area contributed by atoms with Crippen molar-refractivity contribution in [2.75, 3.05) is 13.2 Å². The van der Waals surface area contributed by atoms with Crippen LogP contribution < -0.4 is 9.47 Å². The summed E-state index contributed by atoms with van der Waals surface area (Å²) < 4.78 is 13.0. The van der Waals surface area contributed by atoms with Crippen molar-refractivity contribution in [2.45, 2.75) is 20.0 Å². The number of halogens is 1. The number of thioether (sulfide) groups is 1. The summed E-state index contributed by atoms with van der Waals surface area (Å²) >= 11 is 9.84. The largest absolute Gasteiger partial charge is 0.490 e. The summed E-state index contributed by atoms with van der Waals surface area (Å²) in [5, 5.41) is 8.85. The van der Waals surface area contributed by atoms with Crippen molar-refractivity contribution in [2.24, 2.45) is 0 Å². The Kier molecular flexibility index (Phi) is 8.11. The predicted octanol–water partition coefficient (Wildman–Crippen LogP) is 5.10. The quantitative estimate of drug-likeness (QED) is 0.363. The molecule has 1 fully saturated rings. The fourth-order valence-electron chi connectivity index (χ4n) is 2.84. The van der Waals surface area contributed by atoms with Crippen molar-refractivity contribution in [3.05, 3.63) is 63.0 Å². The van der Waals surface area contributed by atoms with Crippen LogP contribution >= 0.6 is 39.9 Å². The van der Waals surface area contributed by atoms with Gasteiger partial charge in [0.25, 0.3) is 5.91 Å². The van der Waals surface area contributed by atoms with Gasteiger partial charge in [-0.1, -0.05) is 58.1 Å². The smallest absolute Gasteiger partial charge is 0.305 e. The summed E-state index contributed by atoms with van der Waals surface area (Å²) in [6.07, 6.45) is 1.57. The minimum absolute atomic E-state index is 0.0594. The molecule has 0 radical (unpaired) electrons. The Bertz CT molecular complexity index is 1040. The molecule has 0 bridgehead atoms. The van der Waals surface area contributed by atoms with Crippen LogP contribution in [0.4, 0.5) is 0 Å². The van der Waals surface area contributed by atoms with E-state index < -0.39 is 5.97 Å². The highest BCUT2D eigenvalue weighted by atomic mass is 79.9.